The van der Waals surface area contributed by atoms with E-state index in [0.29, 0.717) is 21.8 Å². The first-order chi connectivity index (χ1) is 11.6. The molecule has 2 rings (SSSR count). The molecule has 1 heterocycles. The lowest BCUT2D eigenvalue weighted by atomic mass is 10.1. The third kappa shape index (κ3) is 5.10. The van der Waals surface area contributed by atoms with Gasteiger partial charge in [0.1, 0.15) is 4.88 Å². The number of carbonyl (C=O) groups is 2. The number of carbonyl (C=O) groups excluding carboxylic acids is 2. The molecule has 0 saturated carbocycles. The van der Waals surface area contributed by atoms with Crippen molar-refractivity contribution in [3.63, 3.8) is 0 Å². The number of ketones is 1. The molecule has 134 valence electrons. The van der Waals surface area contributed by atoms with Crippen LogP contribution in [0.4, 0.5) is 5.69 Å². The second-order valence-corrected chi connectivity index (χ2v) is 8.46. The number of hydrogen-bond acceptors (Lipinski definition) is 7. The van der Waals surface area contributed by atoms with E-state index in [0.717, 1.165) is 11.3 Å². The molecule has 0 radical (unpaired) electrons. The SMILES string of the molecule is Cc1nc(C)c(C(=O)O[C@@H](C)C(=O)c2ccc(NS(C)(=O)=O)cc2)s1. The molecule has 0 aliphatic carbocycles. The Bertz CT molecular complexity index is 901. The monoisotopic (exact) mass is 382 g/mol. The van der Waals surface area contributed by atoms with Crippen LogP contribution in [0.15, 0.2) is 24.3 Å². The molecule has 1 N–H and O–H groups in total. The second kappa shape index (κ2) is 7.32. The molecule has 0 aliphatic rings. The number of anilines is 1. The smallest absolute Gasteiger partial charge is 0.350 e. The van der Waals surface area contributed by atoms with E-state index in [1.807, 2.05) is 0 Å². The van der Waals surface area contributed by atoms with Gasteiger partial charge in [0.2, 0.25) is 15.8 Å². The number of sulfonamides is 1. The van der Waals surface area contributed by atoms with Crippen molar-refractivity contribution in [1.29, 1.82) is 0 Å². The third-order valence-electron chi connectivity index (χ3n) is 3.21. The van der Waals surface area contributed by atoms with Crippen molar-refractivity contribution in [3.8, 4) is 0 Å². The highest BCUT2D eigenvalue weighted by atomic mass is 32.2. The van der Waals surface area contributed by atoms with E-state index in [9.17, 15) is 18.0 Å². The summed E-state index contributed by atoms with van der Waals surface area (Å²) >= 11 is 1.22. The predicted molar refractivity (Wildman–Crippen MR) is 95.7 cm³/mol. The van der Waals surface area contributed by atoms with Gasteiger partial charge in [-0.2, -0.15) is 0 Å². The summed E-state index contributed by atoms with van der Waals surface area (Å²) in [6.07, 6.45) is 0.0690. The van der Waals surface area contributed by atoms with Crippen LogP contribution in [-0.2, 0) is 14.8 Å². The molecule has 1 aromatic carbocycles. The standard InChI is InChI=1S/C16H18N2O5S2/c1-9-15(24-11(3)17-9)16(20)23-10(2)14(19)12-5-7-13(8-6-12)18-25(4,21)22/h5-8,10,18H,1-4H3/t10-/m0/s1. The number of thiazole rings is 1. The molecule has 2 aromatic rings. The first kappa shape index (κ1) is 19.1. The van der Waals surface area contributed by atoms with Crippen LogP contribution in [-0.4, -0.2) is 37.5 Å². The van der Waals surface area contributed by atoms with Gasteiger partial charge in [-0.05, 0) is 45.0 Å². The molecule has 9 heteroatoms. The van der Waals surface area contributed by atoms with E-state index in [1.54, 1.807) is 13.8 Å². The van der Waals surface area contributed by atoms with Crippen LogP contribution in [0.25, 0.3) is 0 Å². The average Bonchev–Trinajstić information content (AvgIpc) is 2.84. The summed E-state index contributed by atoms with van der Waals surface area (Å²) in [4.78, 5) is 29.1. The topological polar surface area (TPSA) is 102 Å². The molecule has 0 aliphatic heterocycles. The predicted octanol–water partition coefficient (Wildman–Crippen LogP) is 2.56. The van der Waals surface area contributed by atoms with Gasteiger partial charge in [0.15, 0.2) is 6.10 Å². The van der Waals surface area contributed by atoms with Crippen molar-refractivity contribution >= 4 is 38.8 Å². The number of Topliss-reactive ketones (excluding diaryl/α,β-unsaturated/α-hetero) is 1. The van der Waals surface area contributed by atoms with Crippen molar-refractivity contribution in [1.82, 2.24) is 4.98 Å². The van der Waals surface area contributed by atoms with E-state index in [2.05, 4.69) is 9.71 Å². The Balaban J connectivity index is 2.06. The van der Waals surface area contributed by atoms with Gasteiger partial charge in [-0.1, -0.05) is 0 Å². The van der Waals surface area contributed by atoms with Gasteiger partial charge >= 0.3 is 5.97 Å². The Morgan fingerprint density at radius 1 is 1.20 bits per heavy atom. The maximum Gasteiger partial charge on any atom is 0.350 e. The molecule has 0 spiro atoms. The third-order valence-corrected chi connectivity index (χ3v) is 4.87. The number of nitrogens with zero attached hydrogens (tertiary/aromatic N) is 1. The zero-order chi connectivity index (χ0) is 18.8. The molecule has 0 saturated heterocycles. The minimum Gasteiger partial charge on any atom is -0.450 e. The van der Waals surface area contributed by atoms with Crippen molar-refractivity contribution in [2.24, 2.45) is 0 Å². The summed E-state index contributed by atoms with van der Waals surface area (Å²) in [5, 5.41) is 0.748. The summed E-state index contributed by atoms with van der Waals surface area (Å²) in [5.41, 5.74) is 1.24. The van der Waals surface area contributed by atoms with Crippen LogP contribution < -0.4 is 4.72 Å². The van der Waals surface area contributed by atoms with Crippen molar-refractivity contribution < 1.29 is 22.7 Å². The minimum atomic E-state index is -3.38. The van der Waals surface area contributed by atoms with Gasteiger partial charge < -0.3 is 4.74 Å². The molecule has 0 unspecified atom stereocenters. The van der Waals surface area contributed by atoms with E-state index in [1.165, 1.54) is 42.5 Å². The van der Waals surface area contributed by atoms with Crippen molar-refractivity contribution in [2.75, 3.05) is 11.0 Å². The van der Waals surface area contributed by atoms with Gasteiger partial charge in [0.25, 0.3) is 0 Å². The van der Waals surface area contributed by atoms with Crippen LogP contribution in [0, 0.1) is 13.8 Å². The molecule has 1 atom stereocenters. The highest BCUT2D eigenvalue weighted by Gasteiger charge is 2.23. The quantitative estimate of drug-likeness (QED) is 0.608. The Morgan fingerprint density at radius 3 is 2.28 bits per heavy atom. The first-order valence-corrected chi connectivity index (χ1v) is 10.0. The highest BCUT2D eigenvalue weighted by Crippen LogP contribution is 2.20. The van der Waals surface area contributed by atoms with E-state index in [-0.39, 0.29) is 5.78 Å². The minimum absolute atomic E-state index is 0.316. The summed E-state index contributed by atoms with van der Waals surface area (Å²) in [6, 6.07) is 5.89. The number of nitrogens with one attached hydrogen (secondary N) is 1. The second-order valence-electron chi connectivity index (χ2n) is 5.51. The molecule has 1 aromatic heterocycles. The lowest BCUT2D eigenvalue weighted by Crippen LogP contribution is -2.24. The lowest BCUT2D eigenvalue weighted by molar-refractivity contribution is 0.0322. The lowest BCUT2D eigenvalue weighted by Gasteiger charge is -2.12. The van der Waals surface area contributed by atoms with Gasteiger partial charge in [-0.3, -0.25) is 9.52 Å². The number of rotatable bonds is 6. The normalized spacial score (nSPS) is 12.5. The van der Waals surface area contributed by atoms with Crippen molar-refractivity contribution in [2.45, 2.75) is 26.9 Å². The molecule has 0 fully saturated rings. The van der Waals surface area contributed by atoms with E-state index < -0.39 is 22.1 Å². The number of hydrogen-bond donors (Lipinski definition) is 1. The number of ether oxygens (including phenoxy) is 1. The van der Waals surface area contributed by atoms with Crippen molar-refractivity contribution in [3.05, 3.63) is 45.4 Å². The van der Waals surface area contributed by atoms with Gasteiger partial charge in [0, 0.05) is 11.3 Å². The Hall–Kier alpha value is -2.26. The summed E-state index contributed by atoms with van der Waals surface area (Å²) in [5.74, 6) is -0.961. The Kier molecular flexibility index (Phi) is 5.58. The Morgan fingerprint density at radius 2 is 1.80 bits per heavy atom. The zero-order valence-electron chi connectivity index (χ0n) is 14.2. The zero-order valence-corrected chi connectivity index (χ0v) is 15.8. The van der Waals surface area contributed by atoms with Gasteiger partial charge in [-0.15, -0.1) is 11.3 Å². The van der Waals surface area contributed by atoms with Crippen LogP contribution in [0.1, 0.15) is 37.7 Å². The maximum absolute atomic E-state index is 12.4. The molecular formula is C16H18N2O5S2. The summed E-state index contributed by atoms with van der Waals surface area (Å²) < 4.78 is 29.9. The fraction of sp³-hybridized carbons (Fsp3) is 0.312. The number of benzene rings is 1. The molecular weight excluding hydrogens is 364 g/mol. The number of aromatic nitrogens is 1. The summed E-state index contributed by atoms with van der Waals surface area (Å²) in [7, 11) is -3.38. The Labute approximate surface area is 150 Å². The summed E-state index contributed by atoms with van der Waals surface area (Å²) in [6.45, 7) is 4.99. The first-order valence-electron chi connectivity index (χ1n) is 7.34. The van der Waals surface area contributed by atoms with Crippen LogP contribution in [0.5, 0.6) is 0 Å². The molecule has 0 amide bonds. The molecule has 25 heavy (non-hydrogen) atoms. The number of esters is 1. The van der Waals surface area contributed by atoms with E-state index in [4.69, 9.17) is 4.74 Å². The van der Waals surface area contributed by atoms with E-state index >= 15 is 0 Å². The maximum atomic E-state index is 12.4. The van der Waals surface area contributed by atoms with Crippen LogP contribution >= 0.6 is 11.3 Å². The highest BCUT2D eigenvalue weighted by molar-refractivity contribution is 7.92. The van der Waals surface area contributed by atoms with Crippen LogP contribution in [0.3, 0.4) is 0 Å². The largest absolute Gasteiger partial charge is 0.450 e. The molecule has 7 nitrogen and oxygen atoms in total. The van der Waals surface area contributed by atoms with Crippen LogP contribution in [0.2, 0.25) is 0 Å². The average molecular weight is 382 g/mol. The van der Waals surface area contributed by atoms with Gasteiger partial charge in [-0.25, -0.2) is 18.2 Å². The van der Waals surface area contributed by atoms with Gasteiger partial charge in [0.05, 0.1) is 17.0 Å². The number of aryl methyl sites for hydroxylation is 2. The fourth-order valence-corrected chi connectivity index (χ4v) is 3.51. The fourth-order valence-electron chi connectivity index (χ4n) is 2.14. The molecule has 0 bridgehead atoms.